The van der Waals surface area contributed by atoms with Gasteiger partial charge in [-0.2, -0.15) is 5.26 Å². The number of amides is 2. The fraction of sp³-hybridized carbons (Fsp3) is 0. The van der Waals surface area contributed by atoms with Crippen molar-refractivity contribution in [3.8, 4) is 11.8 Å². The minimum atomic E-state index is -0.458. The van der Waals surface area contributed by atoms with Gasteiger partial charge in [-0.3, -0.25) is 9.59 Å². The molecule has 0 bridgehead atoms. The van der Waals surface area contributed by atoms with Crippen molar-refractivity contribution in [3.05, 3.63) is 59.2 Å². The van der Waals surface area contributed by atoms with Crippen LogP contribution in [-0.4, -0.2) is 16.9 Å². The summed E-state index contributed by atoms with van der Waals surface area (Å²) in [6, 6.07) is 12.3. The highest BCUT2D eigenvalue weighted by Crippen LogP contribution is 2.30. The lowest BCUT2D eigenvalue weighted by Crippen LogP contribution is -2.29. The van der Waals surface area contributed by atoms with Gasteiger partial charge in [-0.25, -0.2) is 4.90 Å². The summed E-state index contributed by atoms with van der Waals surface area (Å²) >= 11 is 0. The van der Waals surface area contributed by atoms with Crippen LogP contribution in [0, 0.1) is 11.3 Å². The van der Waals surface area contributed by atoms with Crippen LogP contribution in [0.5, 0.6) is 5.75 Å². The minimum absolute atomic E-state index is 0.171. The summed E-state index contributed by atoms with van der Waals surface area (Å²) in [5.74, 6) is -1.09. The predicted octanol–water partition coefficient (Wildman–Crippen LogP) is 2.06. The van der Waals surface area contributed by atoms with E-state index >= 15 is 0 Å². The second kappa shape index (κ2) is 4.21. The normalized spacial score (nSPS) is 13.2. The molecule has 2 amide bonds. The number of phenolic OH excluding ortho intramolecular Hbond substituents is 1. The van der Waals surface area contributed by atoms with Crippen molar-refractivity contribution in [2.75, 3.05) is 4.90 Å². The molecule has 3 rings (SSSR count). The van der Waals surface area contributed by atoms with Crippen LogP contribution in [0.2, 0.25) is 0 Å². The van der Waals surface area contributed by atoms with Gasteiger partial charge in [-0.15, -0.1) is 0 Å². The van der Waals surface area contributed by atoms with Crippen LogP contribution in [0.15, 0.2) is 42.5 Å². The highest BCUT2D eigenvalue weighted by Gasteiger charge is 2.36. The van der Waals surface area contributed by atoms with Crippen molar-refractivity contribution in [2.24, 2.45) is 0 Å². The summed E-state index contributed by atoms with van der Waals surface area (Å²) in [6.45, 7) is 0. The van der Waals surface area contributed by atoms with E-state index in [1.807, 2.05) is 6.07 Å². The van der Waals surface area contributed by atoms with Crippen LogP contribution in [0.1, 0.15) is 26.3 Å². The third-order valence-electron chi connectivity index (χ3n) is 3.08. The third-order valence-corrected chi connectivity index (χ3v) is 3.08. The molecule has 0 radical (unpaired) electrons. The van der Waals surface area contributed by atoms with E-state index in [2.05, 4.69) is 0 Å². The number of rotatable bonds is 1. The maximum atomic E-state index is 12.3. The van der Waals surface area contributed by atoms with Crippen molar-refractivity contribution in [1.82, 2.24) is 0 Å². The van der Waals surface area contributed by atoms with Gasteiger partial charge in [0.25, 0.3) is 11.8 Å². The first-order valence-corrected chi connectivity index (χ1v) is 5.84. The van der Waals surface area contributed by atoms with Gasteiger partial charge in [0.15, 0.2) is 0 Å². The van der Waals surface area contributed by atoms with E-state index < -0.39 is 11.8 Å². The van der Waals surface area contributed by atoms with Gasteiger partial charge in [0.05, 0.1) is 28.4 Å². The molecule has 0 saturated heterocycles. The molecule has 0 atom stereocenters. The summed E-state index contributed by atoms with van der Waals surface area (Å²) in [4.78, 5) is 25.5. The predicted molar refractivity (Wildman–Crippen MR) is 70.4 cm³/mol. The minimum Gasteiger partial charge on any atom is -0.508 e. The van der Waals surface area contributed by atoms with E-state index in [0.29, 0.717) is 11.1 Å². The molecule has 0 aliphatic carbocycles. The van der Waals surface area contributed by atoms with Gasteiger partial charge in [-0.05, 0) is 24.3 Å². The number of hydrogen-bond donors (Lipinski definition) is 1. The molecular weight excluding hydrogens is 256 g/mol. The zero-order chi connectivity index (χ0) is 14.3. The molecule has 1 aliphatic heterocycles. The van der Waals surface area contributed by atoms with Gasteiger partial charge in [0.1, 0.15) is 5.75 Å². The molecule has 1 aliphatic rings. The quantitative estimate of drug-likeness (QED) is 0.799. The van der Waals surface area contributed by atoms with E-state index in [0.717, 1.165) is 4.90 Å². The van der Waals surface area contributed by atoms with E-state index in [4.69, 9.17) is 5.26 Å². The zero-order valence-corrected chi connectivity index (χ0v) is 10.2. The second-order valence-corrected chi connectivity index (χ2v) is 4.34. The lowest BCUT2D eigenvalue weighted by molar-refractivity contribution is 0.0926. The molecule has 5 heteroatoms. The average Bonchev–Trinajstić information content (AvgIpc) is 2.71. The molecule has 5 nitrogen and oxygen atoms in total. The molecule has 2 aromatic carbocycles. The summed E-state index contributed by atoms with van der Waals surface area (Å²) in [5, 5.41) is 18.5. The number of phenols is 1. The number of carbonyl (C=O) groups is 2. The Morgan fingerprint density at radius 2 is 1.60 bits per heavy atom. The molecule has 0 spiro atoms. The fourth-order valence-electron chi connectivity index (χ4n) is 2.21. The second-order valence-electron chi connectivity index (χ2n) is 4.34. The van der Waals surface area contributed by atoms with Crippen molar-refractivity contribution < 1.29 is 14.7 Å². The van der Waals surface area contributed by atoms with Crippen molar-refractivity contribution in [3.63, 3.8) is 0 Å². The largest absolute Gasteiger partial charge is 0.508 e. The van der Waals surface area contributed by atoms with Crippen molar-refractivity contribution >= 4 is 17.5 Å². The summed E-state index contributed by atoms with van der Waals surface area (Å²) in [6.07, 6.45) is 0. The van der Waals surface area contributed by atoms with Crippen molar-refractivity contribution in [2.45, 2.75) is 0 Å². The maximum Gasteiger partial charge on any atom is 0.266 e. The zero-order valence-electron chi connectivity index (χ0n) is 10.2. The van der Waals surface area contributed by atoms with Gasteiger partial charge < -0.3 is 5.11 Å². The molecule has 0 unspecified atom stereocenters. The molecule has 0 fully saturated rings. The summed E-state index contributed by atoms with van der Waals surface area (Å²) in [5.41, 5.74) is 1.00. The van der Waals surface area contributed by atoms with E-state index in [9.17, 15) is 14.7 Å². The Labute approximate surface area is 114 Å². The number of benzene rings is 2. The Balaban J connectivity index is 2.14. The first-order valence-electron chi connectivity index (χ1n) is 5.84. The Kier molecular flexibility index (Phi) is 2.51. The van der Waals surface area contributed by atoms with Crippen LogP contribution in [0.25, 0.3) is 0 Å². The molecule has 0 saturated carbocycles. The number of hydrogen-bond acceptors (Lipinski definition) is 4. The standard InChI is InChI=1S/C15H8N2O3/c16-8-9-5-10(7-11(18)6-9)17-14(19)12-3-1-2-4-13(12)15(17)20/h1-7,18H. The van der Waals surface area contributed by atoms with Crippen LogP contribution >= 0.6 is 0 Å². The Bertz CT molecular complexity index is 755. The number of fused-ring (bicyclic) bond motifs is 1. The number of anilines is 1. The van der Waals surface area contributed by atoms with Crippen LogP contribution in [-0.2, 0) is 0 Å². The van der Waals surface area contributed by atoms with Crippen LogP contribution in [0.4, 0.5) is 5.69 Å². The van der Waals surface area contributed by atoms with E-state index in [1.54, 1.807) is 24.3 Å². The van der Waals surface area contributed by atoms with Gasteiger partial charge >= 0.3 is 0 Å². The van der Waals surface area contributed by atoms with E-state index in [-0.39, 0.29) is 17.0 Å². The van der Waals surface area contributed by atoms with E-state index in [1.165, 1.54) is 18.2 Å². The van der Waals surface area contributed by atoms with Gasteiger partial charge in [-0.1, -0.05) is 12.1 Å². The lowest BCUT2D eigenvalue weighted by atomic mass is 10.1. The van der Waals surface area contributed by atoms with Gasteiger partial charge in [0, 0.05) is 6.07 Å². The topological polar surface area (TPSA) is 81.4 Å². The Morgan fingerprint density at radius 3 is 2.15 bits per heavy atom. The average molecular weight is 264 g/mol. The first kappa shape index (κ1) is 11.9. The van der Waals surface area contributed by atoms with Crippen molar-refractivity contribution in [1.29, 1.82) is 5.26 Å². The summed E-state index contributed by atoms with van der Waals surface area (Å²) in [7, 11) is 0. The first-order chi connectivity index (χ1) is 9.61. The maximum absolute atomic E-state index is 12.3. The Morgan fingerprint density at radius 1 is 1.00 bits per heavy atom. The van der Waals surface area contributed by atoms with Crippen LogP contribution < -0.4 is 4.90 Å². The molecule has 20 heavy (non-hydrogen) atoms. The smallest absolute Gasteiger partial charge is 0.266 e. The molecule has 2 aromatic rings. The highest BCUT2D eigenvalue weighted by atomic mass is 16.3. The lowest BCUT2D eigenvalue weighted by Gasteiger charge is -2.14. The monoisotopic (exact) mass is 264 g/mol. The number of aromatic hydroxyl groups is 1. The molecular formula is C15H8N2O3. The SMILES string of the molecule is N#Cc1cc(O)cc(N2C(=O)c3ccccc3C2=O)c1. The molecule has 1 N–H and O–H groups in total. The summed E-state index contributed by atoms with van der Waals surface area (Å²) < 4.78 is 0. The number of carbonyl (C=O) groups excluding carboxylic acids is 2. The number of nitriles is 1. The molecule has 1 heterocycles. The molecule has 0 aromatic heterocycles. The Hall–Kier alpha value is -3.13. The number of nitrogens with zero attached hydrogens (tertiary/aromatic N) is 2. The number of imide groups is 1. The third kappa shape index (κ3) is 1.63. The fourth-order valence-corrected chi connectivity index (χ4v) is 2.21. The van der Waals surface area contributed by atoms with Gasteiger partial charge in [0.2, 0.25) is 0 Å². The molecule has 96 valence electrons. The highest BCUT2D eigenvalue weighted by molar-refractivity contribution is 6.34. The van der Waals surface area contributed by atoms with Crippen LogP contribution in [0.3, 0.4) is 0 Å².